The molecule has 0 saturated heterocycles. The van der Waals surface area contributed by atoms with Crippen molar-refractivity contribution in [3.05, 3.63) is 54.0 Å². The van der Waals surface area contributed by atoms with E-state index in [4.69, 9.17) is 9.84 Å². The Kier molecular flexibility index (Phi) is 5.40. The Hall–Kier alpha value is -1.99. The fourth-order valence-corrected chi connectivity index (χ4v) is 1.27. The minimum absolute atomic E-state index is 0. The van der Waals surface area contributed by atoms with Crippen molar-refractivity contribution in [2.24, 2.45) is 0 Å². The van der Waals surface area contributed by atoms with Crippen molar-refractivity contribution in [1.82, 2.24) is 9.97 Å². The Bertz CT molecular complexity index is 599. The van der Waals surface area contributed by atoms with E-state index in [0.29, 0.717) is 0 Å². The quantitative estimate of drug-likeness (QED) is 0.666. The van der Waals surface area contributed by atoms with Gasteiger partial charge in [-0.1, -0.05) is 6.07 Å². The molecule has 0 spiro atoms. The molecular formula is C12H10MgN2O4. The second-order valence-electron chi connectivity index (χ2n) is 3.32. The SMILES string of the molecule is O=C(O)c1cccc(C(=O)Oc2cnccn2)c1.[H-].[H-].[Mg+2]. The topological polar surface area (TPSA) is 89.4 Å². The van der Waals surface area contributed by atoms with E-state index in [0.717, 1.165) is 0 Å². The number of aromatic nitrogens is 2. The van der Waals surface area contributed by atoms with Gasteiger partial charge in [-0.15, -0.1) is 0 Å². The molecule has 2 aromatic rings. The predicted octanol–water partition coefficient (Wildman–Crippen LogP) is 1.24. The van der Waals surface area contributed by atoms with Gasteiger partial charge in [0.1, 0.15) is 0 Å². The summed E-state index contributed by atoms with van der Waals surface area (Å²) in [5.74, 6) is -1.73. The standard InChI is InChI=1S/C12H8N2O4.Mg.2H/c15-11(16)8-2-1-3-9(6-8)12(17)18-10-7-13-4-5-14-10;;;/h1-7H,(H,15,16);;;/q;+2;2*-1. The summed E-state index contributed by atoms with van der Waals surface area (Å²) in [6.45, 7) is 0. The first-order valence-corrected chi connectivity index (χ1v) is 4.98. The van der Waals surface area contributed by atoms with Crippen LogP contribution in [0.2, 0.25) is 0 Å². The summed E-state index contributed by atoms with van der Waals surface area (Å²) in [7, 11) is 0. The number of esters is 1. The molecule has 94 valence electrons. The second-order valence-corrected chi connectivity index (χ2v) is 3.32. The third kappa shape index (κ3) is 4.00. The average Bonchev–Trinajstić information content (AvgIpc) is 2.40. The van der Waals surface area contributed by atoms with E-state index in [1.807, 2.05) is 0 Å². The molecule has 0 aliphatic heterocycles. The number of carboxylic acid groups (broad SMARTS) is 1. The molecule has 0 aliphatic rings. The smallest absolute Gasteiger partial charge is 1.00 e. The number of ether oxygens (including phenoxy) is 1. The number of aromatic carboxylic acids is 1. The third-order valence-corrected chi connectivity index (χ3v) is 2.08. The minimum Gasteiger partial charge on any atom is -1.00 e. The zero-order valence-electron chi connectivity index (χ0n) is 11.8. The maximum Gasteiger partial charge on any atom is 2.00 e. The first kappa shape index (κ1) is 15.1. The van der Waals surface area contributed by atoms with E-state index in [1.54, 1.807) is 0 Å². The number of carbonyl (C=O) groups is 2. The molecule has 0 amide bonds. The molecule has 0 fully saturated rings. The number of benzene rings is 1. The van der Waals surface area contributed by atoms with Crippen LogP contribution in [0.15, 0.2) is 42.9 Å². The molecule has 1 heterocycles. The second kappa shape index (κ2) is 6.81. The van der Waals surface area contributed by atoms with Crippen LogP contribution in [0.5, 0.6) is 5.88 Å². The van der Waals surface area contributed by atoms with Gasteiger partial charge in [-0.05, 0) is 18.2 Å². The van der Waals surface area contributed by atoms with Gasteiger partial charge < -0.3 is 12.7 Å². The molecule has 0 aliphatic carbocycles. The number of carbonyl (C=O) groups excluding carboxylic acids is 1. The molecule has 7 heteroatoms. The number of hydrogen-bond donors (Lipinski definition) is 1. The molecule has 0 saturated carbocycles. The maximum absolute atomic E-state index is 11.7. The van der Waals surface area contributed by atoms with E-state index < -0.39 is 11.9 Å². The largest absolute Gasteiger partial charge is 2.00 e. The molecule has 6 nitrogen and oxygen atoms in total. The van der Waals surface area contributed by atoms with Crippen molar-refractivity contribution in [3.8, 4) is 5.88 Å². The van der Waals surface area contributed by atoms with E-state index in [-0.39, 0.29) is 42.9 Å². The van der Waals surface area contributed by atoms with Gasteiger partial charge in [-0.25, -0.2) is 14.6 Å². The maximum atomic E-state index is 11.7. The van der Waals surface area contributed by atoms with Gasteiger partial charge in [0.15, 0.2) is 0 Å². The van der Waals surface area contributed by atoms with Gasteiger partial charge in [-0.2, -0.15) is 0 Å². The normalized spacial score (nSPS) is 9.26. The summed E-state index contributed by atoms with van der Waals surface area (Å²) in [6.07, 6.45) is 4.12. The van der Waals surface area contributed by atoms with E-state index >= 15 is 0 Å². The van der Waals surface area contributed by atoms with Crippen molar-refractivity contribution >= 4 is 35.0 Å². The van der Waals surface area contributed by atoms with Gasteiger partial charge in [-0.3, -0.25) is 4.98 Å². The summed E-state index contributed by atoms with van der Waals surface area (Å²) in [6, 6.07) is 5.56. The molecule has 1 aromatic heterocycles. The average molecular weight is 271 g/mol. The van der Waals surface area contributed by atoms with Crippen molar-refractivity contribution in [3.63, 3.8) is 0 Å². The zero-order chi connectivity index (χ0) is 13.0. The van der Waals surface area contributed by atoms with Crippen molar-refractivity contribution < 1.29 is 22.3 Å². The molecule has 19 heavy (non-hydrogen) atoms. The Labute approximate surface area is 127 Å². The first-order chi connectivity index (χ1) is 8.66. The number of nitrogens with zero attached hydrogens (tertiary/aromatic N) is 2. The molecule has 0 radical (unpaired) electrons. The van der Waals surface area contributed by atoms with Crippen molar-refractivity contribution in [1.29, 1.82) is 0 Å². The number of hydrogen-bond acceptors (Lipinski definition) is 5. The van der Waals surface area contributed by atoms with Crippen LogP contribution in [0, 0.1) is 0 Å². The minimum atomic E-state index is -1.11. The monoisotopic (exact) mass is 270 g/mol. The van der Waals surface area contributed by atoms with E-state index in [2.05, 4.69) is 9.97 Å². The van der Waals surface area contributed by atoms with Gasteiger partial charge in [0, 0.05) is 12.4 Å². The van der Waals surface area contributed by atoms with Crippen LogP contribution in [-0.2, 0) is 0 Å². The van der Waals surface area contributed by atoms with Crippen molar-refractivity contribution in [2.75, 3.05) is 0 Å². The summed E-state index contributed by atoms with van der Waals surface area (Å²) in [4.78, 5) is 30.0. The van der Waals surface area contributed by atoms with Crippen LogP contribution in [0.25, 0.3) is 0 Å². The Morgan fingerprint density at radius 2 is 1.95 bits per heavy atom. The summed E-state index contributed by atoms with van der Waals surface area (Å²) in [5.41, 5.74) is 0.157. The third-order valence-electron chi connectivity index (χ3n) is 2.08. The van der Waals surface area contributed by atoms with Crippen LogP contribution < -0.4 is 4.74 Å². The van der Waals surface area contributed by atoms with E-state index in [1.165, 1.54) is 42.9 Å². The van der Waals surface area contributed by atoms with Crippen LogP contribution in [-0.4, -0.2) is 50.1 Å². The Balaban J connectivity index is 0. The van der Waals surface area contributed by atoms with E-state index in [9.17, 15) is 9.59 Å². The Morgan fingerprint density at radius 1 is 1.21 bits per heavy atom. The predicted molar refractivity (Wildman–Crippen MR) is 68.4 cm³/mol. The van der Waals surface area contributed by atoms with Gasteiger partial charge in [0.2, 0.25) is 5.88 Å². The molecule has 0 bridgehead atoms. The van der Waals surface area contributed by atoms with Crippen molar-refractivity contribution in [2.45, 2.75) is 0 Å². The number of rotatable bonds is 3. The molecule has 2 rings (SSSR count). The summed E-state index contributed by atoms with van der Waals surface area (Å²) < 4.78 is 4.93. The molecule has 1 N–H and O–H groups in total. The van der Waals surface area contributed by atoms with Crippen LogP contribution in [0.4, 0.5) is 0 Å². The first-order valence-electron chi connectivity index (χ1n) is 4.98. The zero-order valence-corrected chi connectivity index (χ0v) is 11.2. The fourth-order valence-electron chi connectivity index (χ4n) is 1.27. The van der Waals surface area contributed by atoms with Gasteiger partial charge >= 0.3 is 35.0 Å². The fraction of sp³-hybridized carbons (Fsp3) is 0. The molecule has 1 aromatic carbocycles. The number of carboxylic acids is 1. The van der Waals surface area contributed by atoms with Crippen LogP contribution >= 0.6 is 0 Å². The van der Waals surface area contributed by atoms with Gasteiger partial charge in [0.05, 0.1) is 17.3 Å². The Morgan fingerprint density at radius 3 is 2.58 bits per heavy atom. The molecule has 0 atom stereocenters. The van der Waals surface area contributed by atoms with Crippen LogP contribution in [0.3, 0.4) is 0 Å². The molecular weight excluding hydrogens is 260 g/mol. The summed E-state index contributed by atoms with van der Waals surface area (Å²) >= 11 is 0. The molecule has 0 unspecified atom stereocenters. The van der Waals surface area contributed by atoms with Gasteiger partial charge in [0.25, 0.3) is 0 Å². The summed E-state index contributed by atoms with van der Waals surface area (Å²) in [5, 5.41) is 8.81. The van der Waals surface area contributed by atoms with Crippen LogP contribution in [0.1, 0.15) is 23.6 Å².